The van der Waals surface area contributed by atoms with Gasteiger partial charge in [-0.25, -0.2) is 4.98 Å². The number of imidazole rings is 1. The van der Waals surface area contributed by atoms with Crippen molar-refractivity contribution in [2.75, 3.05) is 6.54 Å². The van der Waals surface area contributed by atoms with Gasteiger partial charge in [-0.05, 0) is 18.2 Å². The topological polar surface area (TPSA) is 89.5 Å². The molecule has 23 heavy (non-hydrogen) atoms. The molecule has 0 radical (unpaired) electrons. The molecule has 0 unspecified atom stereocenters. The molecule has 2 aromatic heterocycles. The maximum absolute atomic E-state index is 12.0. The number of carbonyl (C=O) groups is 1. The summed E-state index contributed by atoms with van der Waals surface area (Å²) in [6.07, 6.45) is 4.41. The Labute approximate surface area is 131 Å². The van der Waals surface area contributed by atoms with Crippen LogP contribution in [-0.4, -0.2) is 26.8 Å². The van der Waals surface area contributed by atoms with Gasteiger partial charge in [-0.1, -0.05) is 12.1 Å². The summed E-state index contributed by atoms with van der Waals surface area (Å²) >= 11 is 0. The van der Waals surface area contributed by atoms with Crippen molar-refractivity contribution in [2.24, 2.45) is 0 Å². The molecular formula is C16H14N4O3. The lowest BCUT2D eigenvalue weighted by Crippen LogP contribution is -2.25. The fraction of sp³-hybridized carbons (Fsp3) is 0.125. The second kappa shape index (κ2) is 6.27. The van der Waals surface area contributed by atoms with E-state index in [1.165, 1.54) is 18.2 Å². The molecule has 0 atom stereocenters. The van der Waals surface area contributed by atoms with E-state index in [1.807, 2.05) is 35.0 Å². The fourth-order valence-corrected chi connectivity index (χ4v) is 2.27. The maximum Gasteiger partial charge on any atom is 0.270 e. The number of rotatable bonds is 5. The Balaban J connectivity index is 1.60. The Kier molecular flexibility index (Phi) is 4.01. The molecule has 0 saturated carbocycles. The molecule has 7 nitrogen and oxygen atoms in total. The molecule has 0 aliphatic carbocycles. The number of benzene rings is 1. The number of aromatic nitrogens is 2. The van der Waals surface area contributed by atoms with Crippen molar-refractivity contribution in [3.8, 4) is 0 Å². The summed E-state index contributed by atoms with van der Waals surface area (Å²) in [5.41, 5.74) is 1.90. The quantitative estimate of drug-likeness (QED) is 0.578. The summed E-state index contributed by atoms with van der Waals surface area (Å²) < 4.78 is 1.91. The largest absolute Gasteiger partial charge is 0.352 e. The summed E-state index contributed by atoms with van der Waals surface area (Å²) in [6.45, 7) is 0.408. The van der Waals surface area contributed by atoms with Gasteiger partial charge in [-0.2, -0.15) is 0 Å². The highest BCUT2D eigenvalue weighted by atomic mass is 16.6. The molecule has 7 heteroatoms. The van der Waals surface area contributed by atoms with E-state index < -0.39 is 4.92 Å². The van der Waals surface area contributed by atoms with Crippen LogP contribution >= 0.6 is 0 Å². The number of carbonyl (C=O) groups excluding carboxylic acids is 1. The molecule has 1 aromatic carbocycles. The third kappa shape index (κ3) is 3.34. The van der Waals surface area contributed by atoms with Crippen molar-refractivity contribution < 1.29 is 9.72 Å². The average Bonchev–Trinajstić information content (AvgIpc) is 2.97. The van der Waals surface area contributed by atoms with Crippen LogP contribution in [0.3, 0.4) is 0 Å². The third-order valence-electron chi connectivity index (χ3n) is 3.40. The molecule has 0 spiro atoms. The van der Waals surface area contributed by atoms with Gasteiger partial charge in [0.2, 0.25) is 0 Å². The Morgan fingerprint density at radius 2 is 2.13 bits per heavy atom. The molecule has 0 saturated heterocycles. The summed E-state index contributed by atoms with van der Waals surface area (Å²) in [5.74, 6) is -0.336. The van der Waals surface area contributed by atoms with Crippen molar-refractivity contribution in [3.63, 3.8) is 0 Å². The number of nitrogens with zero attached hydrogens (tertiary/aromatic N) is 3. The Hall–Kier alpha value is -3.22. The summed E-state index contributed by atoms with van der Waals surface area (Å²) in [6, 6.07) is 11.4. The first-order valence-corrected chi connectivity index (χ1v) is 7.09. The lowest BCUT2D eigenvalue weighted by molar-refractivity contribution is -0.384. The second-order valence-corrected chi connectivity index (χ2v) is 5.01. The highest BCUT2D eigenvalue weighted by Gasteiger charge is 2.11. The van der Waals surface area contributed by atoms with E-state index in [4.69, 9.17) is 0 Å². The zero-order valence-corrected chi connectivity index (χ0v) is 12.2. The number of hydrogen-bond acceptors (Lipinski definition) is 4. The van der Waals surface area contributed by atoms with Gasteiger partial charge in [0.1, 0.15) is 5.65 Å². The summed E-state index contributed by atoms with van der Waals surface area (Å²) in [5, 5.41) is 13.5. The molecule has 0 fully saturated rings. The highest BCUT2D eigenvalue weighted by Crippen LogP contribution is 2.13. The minimum absolute atomic E-state index is 0.0991. The minimum atomic E-state index is -0.520. The Bertz CT molecular complexity index is 839. The van der Waals surface area contributed by atoms with Gasteiger partial charge in [-0.3, -0.25) is 14.9 Å². The number of hydrogen-bond donors (Lipinski definition) is 1. The monoisotopic (exact) mass is 310 g/mol. The smallest absolute Gasteiger partial charge is 0.270 e. The van der Waals surface area contributed by atoms with Crippen LogP contribution in [0, 0.1) is 10.1 Å². The molecule has 1 amide bonds. The lowest BCUT2D eigenvalue weighted by Gasteiger charge is -2.03. The van der Waals surface area contributed by atoms with Gasteiger partial charge in [0, 0.05) is 43.1 Å². The molecular weight excluding hydrogens is 296 g/mol. The van der Waals surface area contributed by atoms with E-state index in [0.29, 0.717) is 13.0 Å². The first kappa shape index (κ1) is 14.7. The standard InChI is InChI=1S/C16H14N4O3/c21-16(12-4-3-5-14(10-12)20(22)23)17-8-7-13-11-19-9-2-1-6-15(19)18-13/h1-6,9-11H,7-8H2,(H,17,21). The fourth-order valence-electron chi connectivity index (χ4n) is 2.27. The number of nitrogens with one attached hydrogen (secondary N) is 1. The number of amides is 1. The van der Waals surface area contributed by atoms with Gasteiger partial charge < -0.3 is 9.72 Å². The van der Waals surface area contributed by atoms with Crippen LogP contribution in [-0.2, 0) is 6.42 Å². The van der Waals surface area contributed by atoms with Gasteiger partial charge in [0.05, 0.1) is 10.6 Å². The number of non-ortho nitro benzene ring substituents is 1. The van der Waals surface area contributed by atoms with Crippen LogP contribution in [0.15, 0.2) is 54.9 Å². The molecule has 116 valence electrons. The third-order valence-corrected chi connectivity index (χ3v) is 3.40. The van der Waals surface area contributed by atoms with E-state index in [0.717, 1.165) is 11.3 Å². The normalized spacial score (nSPS) is 10.6. The number of nitro groups is 1. The minimum Gasteiger partial charge on any atom is -0.352 e. The molecule has 3 aromatic rings. The molecule has 0 aliphatic heterocycles. The van der Waals surface area contributed by atoms with Crippen molar-refractivity contribution in [1.29, 1.82) is 0 Å². The zero-order chi connectivity index (χ0) is 16.2. The second-order valence-electron chi connectivity index (χ2n) is 5.01. The zero-order valence-electron chi connectivity index (χ0n) is 12.2. The van der Waals surface area contributed by atoms with Crippen molar-refractivity contribution in [1.82, 2.24) is 14.7 Å². The van der Waals surface area contributed by atoms with Gasteiger partial charge >= 0.3 is 0 Å². The van der Waals surface area contributed by atoms with E-state index in [-0.39, 0.29) is 17.2 Å². The van der Waals surface area contributed by atoms with E-state index >= 15 is 0 Å². The summed E-state index contributed by atoms with van der Waals surface area (Å²) in [7, 11) is 0. The molecule has 1 N–H and O–H groups in total. The highest BCUT2D eigenvalue weighted by molar-refractivity contribution is 5.94. The van der Waals surface area contributed by atoms with Gasteiger partial charge in [0.15, 0.2) is 0 Å². The van der Waals surface area contributed by atoms with E-state index in [2.05, 4.69) is 10.3 Å². The van der Waals surface area contributed by atoms with Crippen LogP contribution in [0.2, 0.25) is 0 Å². The SMILES string of the molecule is O=C(NCCc1cn2ccccc2n1)c1cccc([N+](=O)[O-])c1. The van der Waals surface area contributed by atoms with Crippen molar-refractivity contribution in [2.45, 2.75) is 6.42 Å². The first-order chi connectivity index (χ1) is 11.1. The van der Waals surface area contributed by atoms with Crippen LogP contribution in [0.4, 0.5) is 5.69 Å². The molecule has 0 aliphatic rings. The van der Waals surface area contributed by atoms with Crippen LogP contribution < -0.4 is 5.32 Å². The first-order valence-electron chi connectivity index (χ1n) is 7.09. The predicted molar refractivity (Wildman–Crippen MR) is 84.3 cm³/mol. The van der Waals surface area contributed by atoms with E-state index in [9.17, 15) is 14.9 Å². The maximum atomic E-state index is 12.0. The Morgan fingerprint density at radius 1 is 1.26 bits per heavy atom. The molecule has 3 rings (SSSR count). The van der Waals surface area contributed by atoms with Crippen molar-refractivity contribution in [3.05, 3.63) is 76.2 Å². The number of nitro benzene ring substituents is 1. The number of fused-ring (bicyclic) bond motifs is 1. The van der Waals surface area contributed by atoms with Gasteiger partial charge in [-0.15, -0.1) is 0 Å². The lowest BCUT2D eigenvalue weighted by atomic mass is 10.2. The molecule has 2 heterocycles. The van der Waals surface area contributed by atoms with E-state index in [1.54, 1.807) is 6.07 Å². The summed E-state index contributed by atoms with van der Waals surface area (Å²) in [4.78, 5) is 26.7. The number of pyridine rings is 1. The molecule has 0 bridgehead atoms. The Morgan fingerprint density at radius 3 is 2.91 bits per heavy atom. The van der Waals surface area contributed by atoms with Crippen molar-refractivity contribution >= 4 is 17.2 Å². The van der Waals surface area contributed by atoms with Crippen LogP contribution in [0.25, 0.3) is 5.65 Å². The predicted octanol–water partition coefficient (Wildman–Crippen LogP) is 2.21. The average molecular weight is 310 g/mol. The van der Waals surface area contributed by atoms with Gasteiger partial charge in [0.25, 0.3) is 11.6 Å². The van der Waals surface area contributed by atoms with Crippen LogP contribution in [0.5, 0.6) is 0 Å². The van der Waals surface area contributed by atoms with Crippen LogP contribution in [0.1, 0.15) is 16.1 Å².